The van der Waals surface area contributed by atoms with E-state index in [-0.39, 0.29) is 32.7 Å². The number of phenolic OH excluding ortho intramolecular Hbond substituents is 1. The normalized spacial score (nSPS) is 11.1. The smallest absolute Gasteiger partial charge is 0.148 e. The fourth-order valence-corrected chi connectivity index (χ4v) is 5.35. The van der Waals surface area contributed by atoms with Crippen molar-refractivity contribution in [3.05, 3.63) is 120 Å². The van der Waals surface area contributed by atoms with Crippen molar-refractivity contribution in [1.29, 1.82) is 5.26 Å². The molecule has 0 aliphatic rings. The van der Waals surface area contributed by atoms with Gasteiger partial charge < -0.3 is 5.11 Å². The fourth-order valence-electron chi connectivity index (χ4n) is 5.35. The number of fused-ring (bicyclic) bond motifs is 1. The molecule has 0 aliphatic heterocycles. The molecule has 43 heavy (non-hydrogen) atoms. The number of imidazole rings is 1. The molecule has 0 saturated carbocycles. The summed E-state index contributed by atoms with van der Waals surface area (Å²) in [5.41, 5.74) is 9.43. The summed E-state index contributed by atoms with van der Waals surface area (Å²) in [6.45, 7) is 8.55. The molecule has 0 unspecified atom stereocenters. The maximum absolute atomic E-state index is 11.6. The van der Waals surface area contributed by atoms with E-state index in [9.17, 15) is 5.11 Å². The Hall–Kier alpha value is -4.52. The molecule has 0 radical (unpaired) electrons. The van der Waals surface area contributed by atoms with Gasteiger partial charge >= 0.3 is 0 Å². The number of phenols is 1. The van der Waals surface area contributed by atoms with Gasteiger partial charge in [-0.2, -0.15) is 5.26 Å². The van der Waals surface area contributed by atoms with Crippen LogP contribution in [0, 0.1) is 17.4 Å². The van der Waals surface area contributed by atoms with Gasteiger partial charge in [0, 0.05) is 38.6 Å². The van der Waals surface area contributed by atoms with Crippen LogP contribution in [-0.4, -0.2) is 19.6 Å². The van der Waals surface area contributed by atoms with Gasteiger partial charge in [0.1, 0.15) is 17.6 Å². The van der Waals surface area contributed by atoms with Crippen molar-refractivity contribution in [3.63, 3.8) is 0 Å². The Morgan fingerprint density at radius 2 is 1.56 bits per heavy atom. The van der Waals surface area contributed by atoms with E-state index in [0.29, 0.717) is 17.3 Å². The van der Waals surface area contributed by atoms with Crippen LogP contribution in [0.25, 0.3) is 50.5 Å². The minimum absolute atomic E-state index is 0. The second kappa shape index (κ2) is 12.4. The first-order chi connectivity index (χ1) is 20.4. The summed E-state index contributed by atoms with van der Waals surface area (Å²) < 4.78 is 2.13. The SMILES string of the molecule is CC(C)c1cc(-c2nc3c(-c4[c-]c(-c5ccc(C#N)cn5)ccc4)cccc3n2-c2ccccc2)c(O)c(C(C)C)c1.[Pt]. The zero-order chi connectivity index (χ0) is 29.4. The molecule has 0 bridgehead atoms. The van der Waals surface area contributed by atoms with Crippen LogP contribution >= 0.6 is 0 Å². The number of hydrogen-bond acceptors (Lipinski definition) is 4. The van der Waals surface area contributed by atoms with Crippen molar-refractivity contribution in [2.75, 3.05) is 0 Å². The molecule has 2 aromatic heterocycles. The van der Waals surface area contributed by atoms with Crippen LogP contribution in [0.1, 0.15) is 56.2 Å². The topological polar surface area (TPSA) is 74.7 Å². The molecular formula is C37H31N4OPt-. The van der Waals surface area contributed by atoms with Crippen LogP contribution < -0.4 is 0 Å². The molecule has 0 amide bonds. The predicted octanol–water partition coefficient (Wildman–Crippen LogP) is 9.04. The van der Waals surface area contributed by atoms with E-state index in [4.69, 9.17) is 10.2 Å². The third-order valence-corrected chi connectivity index (χ3v) is 7.64. The molecule has 6 aromatic rings. The summed E-state index contributed by atoms with van der Waals surface area (Å²) >= 11 is 0. The van der Waals surface area contributed by atoms with E-state index in [2.05, 4.69) is 85.8 Å². The minimum atomic E-state index is 0. The van der Waals surface area contributed by atoms with Crippen molar-refractivity contribution in [3.8, 4) is 51.3 Å². The molecule has 216 valence electrons. The van der Waals surface area contributed by atoms with E-state index in [1.54, 1.807) is 12.3 Å². The minimum Gasteiger partial charge on any atom is -0.507 e. The largest absolute Gasteiger partial charge is 0.507 e. The van der Waals surface area contributed by atoms with Crippen molar-refractivity contribution < 1.29 is 26.2 Å². The Balaban J connectivity index is 0.00000368. The molecule has 1 N–H and O–H groups in total. The summed E-state index contributed by atoms with van der Waals surface area (Å²) in [4.78, 5) is 9.72. The molecule has 0 spiro atoms. The Labute approximate surface area is 266 Å². The maximum Gasteiger partial charge on any atom is 0.148 e. The summed E-state index contributed by atoms with van der Waals surface area (Å²) in [6, 6.07) is 35.7. The molecule has 6 heteroatoms. The van der Waals surface area contributed by atoms with E-state index < -0.39 is 0 Å². The quantitative estimate of drug-likeness (QED) is 0.173. The van der Waals surface area contributed by atoms with E-state index in [1.165, 1.54) is 0 Å². The Morgan fingerprint density at radius 1 is 0.814 bits per heavy atom. The van der Waals surface area contributed by atoms with Crippen molar-refractivity contribution in [2.45, 2.75) is 39.5 Å². The van der Waals surface area contributed by atoms with Gasteiger partial charge in [-0.15, -0.1) is 29.8 Å². The number of aromatic nitrogens is 3. The van der Waals surface area contributed by atoms with Gasteiger partial charge in [0.2, 0.25) is 0 Å². The number of nitriles is 1. The van der Waals surface area contributed by atoms with Crippen LogP contribution in [-0.2, 0) is 21.1 Å². The molecule has 0 atom stereocenters. The standard InChI is InChI=1S/C37H31N4O.Pt/c1-23(2)28-19-31(24(3)4)36(42)32(20-28)37-40-35-30(14-9-15-34(35)41(37)29-12-6-5-7-13-29)26-10-8-11-27(18-26)33-17-16-25(21-38)22-39-33;/h5-17,19-20,22-24,42H,1-4H3;/q-1;. The average molecular weight is 743 g/mol. The predicted molar refractivity (Wildman–Crippen MR) is 169 cm³/mol. The van der Waals surface area contributed by atoms with Gasteiger partial charge in [0.05, 0.1) is 22.2 Å². The number of benzene rings is 4. The summed E-state index contributed by atoms with van der Waals surface area (Å²) in [7, 11) is 0. The maximum atomic E-state index is 11.6. The van der Waals surface area contributed by atoms with Gasteiger partial charge in [0.25, 0.3) is 0 Å². The van der Waals surface area contributed by atoms with Crippen molar-refractivity contribution in [1.82, 2.24) is 14.5 Å². The van der Waals surface area contributed by atoms with E-state index in [0.717, 1.165) is 55.8 Å². The number of rotatable bonds is 6. The Kier molecular flexibility index (Phi) is 8.62. The summed E-state index contributed by atoms with van der Waals surface area (Å²) in [5, 5.41) is 20.8. The molecule has 6 rings (SSSR count). The Morgan fingerprint density at radius 3 is 2.23 bits per heavy atom. The number of pyridine rings is 1. The fraction of sp³-hybridized carbons (Fsp3) is 0.162. The van der Waals surface area contributed by atoms with Crippen LogP contribution in [0.5, 0.6) is 5.75 Å². The van der Waals surface area contributed by atoms with Gasteiger partial charge in [-0.1, -0.05) is 81.3 Å². The van der Waals surface area contributed by atoms with Crippen molar-refractivity contribution in [2.24, 2.45) is 0 Å². The first-order valence-electron chi connectivity index (χ1n) is 14.2. The third kappa shape index (κ3) is 5.64. The van der Waals surface area contributed by atoms with E-state index >= 15 is 0 Å². The molecule has 0 fully saturated rings. The van der Waals surface area contributed by atoms with Gasteiger partial charge in [-0.25, -0.2) is 4.98 Å². The molecule has 5 nitrogen and oxygen atoms in total. The van der Waals surface area contributed by atoms with Crippen LogP contribution in [0.15, 0.2) is 97.2 Å². The second-order valence-electron chi connectivity index (χ2n) is 11.1. The van der Waals surface area contributed by atoms with Crippen LogP contribution in [0.3, 0.4) is 0 Å². The monoisotopic (exact) mass is 742 g/mol. The summed E-state index contributed by atoms with van der Waals surface area (Å²) in [5.74, 6) is 1.40. The van der Waals surface area contributed by atoms with E-state index in [1.807, 2.05) is 48.5 Å². The number of aromatic hydroxyl groups is 1. The number of nitrogens with zero attached hydrogens (tertiary/aromatic N) is 4. The zero-order valence-corrected chi connectivity index (χ0v) is 26.7. The molecule has 4 aromatic carbocycles. The molecular weight excluding hydrogens is 712 g/mol. The first kappa shape index (κ1) is 30.0. The van der Waals surface area contributed by atoms with Gasteiger partial charge in [-0.05, 0) is 53.3 Å². The summed E-state index contributed by atoms with van der Waals surface area (Å²) in [6.07, 6.45) is 1.58. The molecule has 0 aliphatic carbocycles. The van der Waals surface area contributed by atoms with Crippen LogP contribution in [0.2, 0.25) is 0 Å². The molecule has 0 saturated heterocycles. The third-order valence-electron chi connectivity index (χ3n) is 7.64. The van der Waals surface area contributed by atoms with Gasteiger partial charge in [-0.3, -0.25) is 9.55 Å². The van der Waals surface area contributed by atoms with Gasteiger partial charge in [0.15, 0.2) is 0 Å². The zero-order valence-electron chi connectivity index (χ0n) is 24.4. The average Bonchev–Trinajstić information content (AvgIpc) is 3.41. The number of hydrogen-bond donors (Lipinski definition) is 1. The van der Waals surface area contributed by atoms with Crippen molar-refractivity contribution >= 4 is 11.0 Å². The first-order valence-corrected chi connectivity index (χ1v) is 14.2. The Bertz CT molecular complexity index is 1950. The van der Waals surface area contributed by atoms with Crippen LogP contribution in [0.4, 0.5) is 0 Å². The second-order valence-corrected chi connectivity index (χ2v) is 11.1. The molecule has 2 heterocycles. The number of para-hydroxylation sites is 2.